The first-order chi connectivity index (χ1) is 14.4. The molecule has 3 aromatic rings. The van der Waals surface area contributed by atoms with Crippen molar-refractivity contribution in [3.05, 3.63) is 92.0 Å². The highest BCUT2D eigenvalue weighted by Gasteiger charge is 2.12. The van der Waals surface area contributed by atoms with Crippen molar-refractivity contribution in [1.82, 2.24) is 0 Å². The molecule has 0 radical (unpaired) electrons. The number of nitrogens with one attached hydrogen (secondary N) is 2. The van der Waals surface area contributed by atoms with E-state index in [1.165, 1.54) is 36.0 Å². The van der Waals surface area contributed by atoms with Crippen molar-refractivity contribution in [2.24, 2.45) is 0 Å². The van der Waals surface area contributed by atoms with Gasteiger partial charge in [0.1, 0.15) is 0 Å². The maximum atomic E-state index is 12.3. The van der Waals surface area contributed by atoms with Crippen LogP contribution in [0.2, 0.25) is 0 Å². The summed E-state index contributed by atoms with van der Waals surface area (Å²) in [5.74, 6) is -0.286. The van der Waals surface area contributed by atoms with E-state index >= 15 is 0 Å². The molecule has 7 nitrogen and oxygen atoms in total. The molecule has 0 bridgehead atoms. The van der Waals surface area contributed by atoms with Gasteiger partial charge in [0.05, 0.1) is 10.7 Å². The van der Waals surface area contributed by atoms with Gasteiger partial charge in [0.2, 0.25) is 5.91 Å². The van der Waals surface area contributed by atoms with E-state index in [9.17, 15) is 19.7 Å². The van der Waals surface area contributed by atoms with Crippen LogP contribution in [0.1, 0.15) is 10.4 Å². The molecule has 2 N–H and O–H groups in total. The van der Waals surface area contributed by atoms with E-state index in [-0.39, 0.29) is 22.9 Å². The monoisotopic (exact) mass is 533 g/mol. The molecule has 0 atom stereocenters. The summed E-state index contributed by atoms with van der Waals surface area (Å²) in [5, 5.41) is 16.4. The molecular weight excluding hydrogens is 517 g/mol. The van der Waals surface area contributed by atoms with E-state index in [2.05, 4.69) is 33.2 Å². The van der Waals surface area contributed by atoms with Gasteiger partial charge in [-0.1, -0.05) is 6.07 Å². The molecule has 0 saturated heterocycles. The Bertz CT molecular complexity index is 1070. The van der Waals surface area contributed by atoms with Crippen molar-refractivity contribution in [1.29, 1.82) is 0 Å². The summed E-state index contributed by atoms with van der Waals surface area (Å²) in [5.41, 5.74) is 1.37. The van der Waals surface area contributed by atoms with Gasteiger partial charge in [-0.2, -0.15) is 0 Å². The Labute approximate surface area is 190 Å². The van der Waals surface area contributed by atoms with Crippen molar-refractivity contribution in [3.8, 4) is 0 Å². The number of non-ortho nitro benzene ring substituents is 1. The molecule has 3 aromatic carbocycles. The molecule has 9 heteroatoms. The number of carbonyl (C=O) groups is 2. The number of carbonyl (C=O) groups excluding carboxylic acids is 2. The quantitative estimate of drug-likeness (QED) is 0.189. The van der Waals surface area contributed by atoms with E-state index in [4.69, 9.17) is 0 Å². The van der Waals surface area contributed by atoms with Crippen molar-refractivity contribution < 1.29 is 14.5 Å². The molecule has 152 valence electrons. The molecule has 0 aliphatic heterocycles. The SMILES string of the molecule is O=C(CSc1ccc(NC(=O)c2cccc([N+](=O)[O-])c2)cc1)Nc1ccc(I)cc1. The zero-order chi connectivity index (χ0) is 21.5. The highest BCUT2D eigenvalue weighted by molar-refractivity contribution is 14.1. The van der Waals surface area contributed by atoms with Gasteiger partial charge in [-0.25, -0.2) is 0 Å². The number of amides is 2. The number of nitro benzene ring substituents is 1. The highest BCUT2D eigenvalue weighted by Crippen LogP contribution is 2.22. The number of hydrogen-bond donors (Lipinski definition) is 2. The Hall–Kier alpha value is -2.92. The van der Waals surface area contributed by atoms with E-state index in [1.54, 1.807) is 24.3 Å². The predicted molar refractivity (Wildman–Crippen MR) is 126 cm³/mol. The molecule has 0 aliphatic carbocycles. The summed E-state index contributed by atoms with van der Waals surface area (Å²) >= 11 is 3.58. The fraction of sp³-hybridized carbons (Fsp3) is 0.0476. The number of thioether (sulfide) groups is 1. The maximum absolute atomic E-state index is 12.3. The highest BCUT2D eigenvalue weighted by atomic mass is 127. The molecule has 2 amide bonds. The molecule has 0 saturated carbocycles. The fourth-order valence-electron chi connectivity index (χ4n) is 2.48. The molecule has 0 aromatic heterocycles. The van der Waals surface area contributed by atoms with Crippen LogP contribution in [0.5, 0.6) is 0 Å². The molecule has 0 aliphatic rings. The average Bonchev–Trinajstić information content (AvgIpc) is 2.75. The Morgan fingerprint density at radius 2 is 1.57 bits per heavy atom. The lowest BCUT2D eigenvalue weighted by Crippen LogP contribution is -2.14. The Morgan fingerprint density at radius 1 is 0.933 bits per heavy atom. The standard InChI is InChI=1S/C21H16IN3O4S/c22-15-4-6-16(7-5-15)23-20(26)13-30-19-10-8-17(9-11-19)24-21(27)14-2-1-3-18(12-14)25(28)29/h1-12H,13H2,(H,23,26)(H,24,27). The lowest BCUT2D eigenvalue weighted by atomic mass is 10.2. The zero-order valence-corrected chi connectivity index (χ0v) is 18.5. The summed E-state index contributed by atoms with van der Waals surface area (Å²) in [6, 6.07) is 20.1. The first kappa shape index (κ1) is 21.8. The summed E-state index contributed by atoms with van der Waals surface area (Å²) in [6.07, 6.45) is 0. The number of nitrogens with zero attached hydrogens (tertiary/aromatic N) is 1. The molecule has 0 spiro atoms. The van der Waals surface area contributed by atoms with Gasteiger partial charge in [0.15, 0.2) is 0 Å². The van der Waals surface area contributed by atoms with Crippen molar-refractivity contribution in [2.45, 2.75) is 4.90 Å². The van der Waals surface area contributed by atoms with Crippen molar-refractivity contribution in [3.63, 3.8) is 0 Å². The van der Waals surface area contributed by atoms with Gasteiger partial charge in [-0.15, -0.1) is 11.8 Å². The third-order valence-corrected chi connectivity index (χ3v) is 5.66. The molecule has 3 rings (SSSR count). The minimum atomic E-state index is -0.544. The second kappa shape index (κ2) is 10.2. The summed E-state index contributed by atoms with van der Waals surface area (Å²) < 4.78 is 1.10. The van der Waals surface area contributed by atoms with Gasteiger partial charge >= 0.3 is 0 Å². The van der Waals surface area contributed by atoms with Crippen LogP contribution in [0.15, 0.2) is 77.7 Å². The Balaban J connectivity index is 1.52. The molecule has 0 fully saturated rings. The van der Waals surface area contributed by atoms with E-state index in [0.29, 0.717) is 5.69 Å². The lowest BCUT2D eigenvalue weighted by molar-refractivity contribution is -0.384. The average molecular weight is 533 g/mol. The minimum Gasteiger partial charge on any atom is -0.325 e. The van der Waals surface area contributed by atoms with Crippen LogP contribution in [0.3, 0.4) is 0 Å². The van der Waals surface area contributed by atoms with Gasteiger partial charge in [0.25, 0.3) is 11.6 Å². The second-order valence-electron chi connectivity index (χ2n) is 6.13. The van der Waals surface area contributed by atoms with Crippen LogP contribution < -0.4 is 10.6 Å². The van der Waals surface area contributed by atoms with Crippen LogP contribution in [0.4, 0.5) is 17.1 Å². The van der Waals surface area contributed by atoms with E-state index in [0.717, 1.165) is 14.2 Å². The van der Waals surface area contributed by atoms with Gasteiger partial charge in [-0.05, 0) is 77.2 Å². The van der Waals surface area contributed by atoms with Gasteiger partial charge < -0.3 is 10.6 Å². The zero-order valence-electron chi connectivity index (χ0n) is 15.5. The van der Waals surface area contributed by atoms with Crippen LogP contribution in [0.25, 0.3) is 0 Å². The number of nitro groups is 1. The smallest absolute Gasteiger partial charge is 0.270 e. The third kappa shape index (κ3) is 6.29. The Morgan fingerprint density at radius 3 is 2.23 bits per heavy atom. The predicted octanol–water partition coefficient (Wildman–Crippen LogP) is 5.18. The van der Waals surface area contributed by atoms with Gasteiger partial charge in [-0.3, -0.25) is 19.7 Å². The second-order valence-corrected chi connectivity index (χ2v) is 8.42. The normalized spacial score (nSPS) is 10.3. The van der Waals surface area contributed by atoms with Crippen LogP contribution in [0, 0.1) is 13.7 Å². The van der Waals surface area contributed by atoms with Crippen LogP contribution >= 0.6 is 34.4 Å². The van der Waals surface area contributed by atoms with Crippen molar-refractivity contribution in [2.75, 3.05) is 16.4 Å². The first-order valence-electron chi connectivity index (χ1n) is 8.75. The molecular formula is C21H16IN3O4S. The van der Waals surface area contributed by atoms with Crippen molar-refractivity contribution >= 4 is 63.2 Å². The number of rotatable bonds is 7. The maximum Gasteiger partial charge on any atom is 0.270 e. The number of benzene rings is 3. The lowest BCUT2D eigenvalue weighted by Gasteiger charge is -2.07. The summed E-state index contributed by atoms with van der Waals surface area (Å²) in [7, 11) is 0. The first-order valence-corrected chi connectivity index (χ1v) is 10.8. The fourth-order valence-corrected chi connectivity index (χ4v) is 3.54. The minimum absolute atomic E-state index is 0.107. The van der Waals surface area contributed by atoms with E-state index in [1.807, 2.05) is 24.3 Å². The van der Waals surface area contributed by atoms with Crippen LogP contribution in [-0.4, -0.2) is 22.5 Å². The largest absolute Gasteiger partial charge is 0.325 e. The molecule has 0 unspecified atom stereocenters. The third-order valence-electron chi connectivity index (χ3n) is 3.93. The summed E-state index contributed by atoms with van der Waals surface area (Å²) in [6.45, 7) is 0. The Kier molecular flexibility index (Phi) is 7.41. The number of halogens is 1. The number of anilines is 2. The molecule has 30 heavy (non-hydrogen) atoms. The van der Waals surface area contributed by atoms with Gasteiger partial charge in [0, 0.05) is 37.5 Å². The molecule has 0 heterocycles. The van der Waals surface area contributed by atoms with Crippen LogP contribution in [-0.2, 0) is 4.79 Å². The topological polar surface area (TPSA) is 101 Å². The summed E-state index contributed by atoms with van der Waals surface area (Å²) in [4.78, 5) is 35.5. The number of hydrogen-bond acceptors (Lipinski definition) is 5. The van der Waals surface area contributed by atoms with E-state index < -0.39 is 10.8 Å².